The Bertz CT molecular complexity index is 605. The molecule has 2 aromatic carbocycles. The van der Waals surface area contributed by atoms with Crippen LogP contribution >= 0.6 is 12.4 Å². The Labute approximate surface area is 223 Å². The van der Waals surface area contributed by atoms with E-state index in [1.807, 2.05) is 0 Å². The van der Waals surface area contributed by atoms with Gasteiger partial charge in [-0.25, -0.2) is 0 Å². The first-order chi connectivity index (χ1) is 15.3. The zero-order valence-electron chi connectivity index (χ0n) is 22.0. The number of unbranched alkanes of at least 4 members (excludes halogenated alkanes) is 10. The molecule has 0 heterocycles. The summed E-state index contributed by atoms with van der Waals surface area (Å²) in [6.45, 7) is 9.57. The molecule has 196 valence electrons. The first-order valence-electron chi connectivity index (χ1n) is 13.2. The zero-order valence-corrected chi connectivity index (χ0v) is 23.6. The predicted molar refractivity (Wildman–Crippen MR) is 149 cm³/mol. The van der Waals surface area contributed by atoms with E-state index in [1.54, 1.807) is 0 Å². The van der Waals surface area contributed by atoms with Gasteiger partial charge in [0.2, 0.25) is 0 Å². The lowest BCUT2D eigenvalue weighted by atomic mass is 10.0. The smallest absolute Gasteiger partial charge is 0.105 e. The van der Waals surface area contributed by atoms with Crippen molar-refractivity contribution < 1.29 is 16.9 Å². The summed E-state index contributed by atoms with van der Waals surface area (Å²) in [4.78, 5) is 0. The molecule has 0 spiro atoms. The highest BCUT2D eigenvalue weighted by atomic mass is 35.5. The molecule has 0 aliphatic carbocycles. The van der Waals surface area contributed by atoms with Gasteiger partial charge in [0.15, 0.2) is 0 Å². The SMILES string of the molecule is CCCCCCCC[N+](CCCCCCCC)(Cc1ccccc1)Cc1ccccc1.Cl.N.[Cl-]. The predicted octanol–water partition coefficient (Wildman–Crippen LogP) is 6.51. The van der Waals surface area contributed by atoms with Crippen LogP contribution in [0.1, 0.15) is 102 Å². The Balaban J connectivity index is 0. The maximum absolute atomic E-state index is 2.33. The largest absolute Gasteiger partial charge is 1.00 e. The Hall–Kier alpha value is -1.06. The van der Waals surface area contributed by atoms with Crippen LogP contribution in [-0.4, -0.2) is 17.6 Å². The second-order valence-electron chi connectivity index (χ2n) is 9.61. The molecule has 0 bridgehead atoms. The third-order valence-electron chi connectivity index (χ3n) is 6.69. The van der Waals surface area contributed by atoms with Crippen molar-refractivity contribution in [3.63, 3.8) is 0 Å². The highest BCUT2D eigenvalue weighted by molar-refractivity contribution is 5.85. The maximum atomic E-state index is 2.33. The van der Waals surface area contributed by atoms with E-state index in [4.69, 9.17) is 0 Å². The van der Waals surface area contributed by atoms with Gasteiger partial charge in [-0.2, -0.15) is 0 Å². The highest BCUT2D eigenvalue weighted by Gasteiger charge is 2.27. The van der Waals surface area contributed by atoms with Crippen molar-refractivity contribution in [2.45, 2.75) is 104 Å². The molecular weight excluding hydrogens is 459 g/mol. The lowest BCUT2D eigenvalue weighted by Gasteiger charge is -2.39. The van der Waals surface area contributed by atoms with E-state index >= 15 is 0 Å². The highest BCUT2D eigenvalue weighted by Crippen LogP contribution is 2.24. The first-order valence-corrected chi connectivity index (χ1v) is 13.2. The molecule has 0 saturated carbocycles. The van der Waals surface area contributed by atoms with E-state index in [9.17, 15) is 0 Å². The monoisotopic (exact) mass is 510 g/mol. The topological polar surface area (TPSA) is 35.0 Å². The average molecular weight is 512 g/mol. The molecule has 0 amide bonds. The van der Waals surface area contributed by atoms with Crippen LogP contribution in [0.3, 0.4) is 0 Å². The fourth-order valence-electron chi connectivity index (χ4n) is 4.88. The van der Waals surface area contributed by atoms with Gasteiger partial charge in [-0.3, -0.25) is 0 Å². The molecule has 2 rings (SSSR count). The van der Waals surface area contributed by atoms with Gasteiger partial charge < -0.3 is 23.0 Å². The van der Waals surface area contributed by atoms with Gasteiger partial charge in [-0.1, -0.05) is 126 Å². The molecule has 2 nitrogen and oxygen atoms in total. The van der Waals surface area contributed by atoms with Crippen molar-refractivity contribution in [2.24, 2.45) is 0 Å². The minimum atomic E-state index is 0. The number of hydrogen-bond donors (Lipinski definition) is 1. The van der Waals surface area contributed by atoms with Crippen LogP contribution < -0.4 is 18.6 Å². The first kappa shape index (κ1) is 35.1. The molecule has 3 N–H and O–H groups in total. The zero-order chi connectivity index (χ0) is 22.0. The van der Waals surface area contributed by atoms with Gasteiger partial charge >= 0.3 is 0 Å². The maximum Gasteiger partial charge on any atom is 0.105 e. The third kappa shape index (κ3) is 15.0. The van der Waals surface area contributed by atoms with Gasteiger partial charge in [-0.05, 0) is 25.7 Å². The summed E-state index contributed by atoms with van der Waals surface area (Å²) in [5, 5.41) is 0. The Kier molecular flexibility index (Phi) is 23.1. The van der Waals surface area contributed by atoms with E-state index in [0.717, 1.165) is 0 Å². The van der Waals surface area contributed by atoms with Crippen molar-refractivity contribution >= 4 is 12.4 Å². The summed E-state index contributed by atoms with van der Waals surface area (Å²) in [6, 6.07) is 22.5. The van der Waals surface area contributed by atoms with Gasteiger partial charge in [-0.15, -0.1) is 12.4 Å². The van der Waals surface area contributed by atoms with Crippen LogP contribution in [0.2, 0.25) is 0 Å². The summed E-state index contributed by atoms with van der Waals surface area (Å²) >= 11 is 0. The average Bonchev–Trinajstić information content (AvgIpc) is 2.80. The number of nitrogens with zero attached hydrogens (tertiary/aromatic N) is 1. The molecule has 0 aliphatic heterocycles. The Morgan fingerprint density at radius 3 is 1.18 bits per heavy atom. The fraction of sp³-hybridized carbons (Fsp3) is 0.600. The van der Waals surface area contributed by atoms with Gasteiger partial charge in [0.25, 0.3) is 0 Å². The minimum absolute atomic E-state index is 0. The number of rotatable bonds is 18. The summed E-state index contributed by atoms with van der Waals surface area (Å²) in [7, 11) is 0. The molecule has 2 aromatic rings. The molecule has 0 saturated heterocycles. The van der Waals surface area contributed by atoms with E-state index in [-0.39, 0.29) is 31.0 Å². The Morgan fingerprint density at radius 1 is 0.500 bits per heavy atom. The number of hydrogen-bond acceptors (Lipinski definition) is 1. The van der Waals surface area contributed by atoms with Crippen LogP contribution in [0.4, 0.5) is 0 Å². The van der Waals surface area contributed by atoms with Crippen LogP contribution in [0.15, 0.2) is 60.7 Å². The van der Waals surface area contributed by atoms with Crippen LogP contribution in [0, 0.1) is 0 Å². The second-order valence-corrected chi connectivity index (χ2v) is 9.61. The third-order valence-corrected chi connectivity index (χ3v) is 6.69. The van der Waals surface area contributed by atoms with Crippen molar-refractivity contribution in [3.8, 4) is 0 Å². The molecule has 0 aromatic heterocycles. The molecular formula is C30H52Cl2N2. The molecule has 34 heavy (non-hydrogen) atoms. The van der Waals surface area contributed by atoms with Crippen molar-refractivity contribution in [2.75, 3.05) is 13.1 Å². The van der Waals surface area contributed by atoms with Crippen LogP contribution in [0.5, 0.6) is 0 Å². The normalized spacial score (nSPS) is 10.6. The summed E-state index contributed by atoms with van der Waals surface area (Å²) in [6.07, 6.45) is 16.6. The van der Waals surface area contributed by atoms with E-state index in [0.29, 0.717) is 0 Å². The van der Waals surface area contributed by atoms with Crippen molar-refractivity contribution in [1.82, 2.24) is 6.15 Å². The van der Waals surface area contributed by atoms with Crippen molar-refractivity contribution in [1.29, 1.82) is 0 Å². The molecule has 0 unspecified atom stereocenters. The fourth-order valence-corrected chi connectivity index (χ4v) is 4.88. The molecule has 0 aliphatic rings. The summed E-state index contributed by atoms with van der Waals surface area (Å²) in [5.41, 5.74) is 2.99. The van der Waals surface area contributed by atoms with Crippen molar-refractivity contribution in [3.05, 3.63) is 71.8 Å². The van der Waals surface area contributed by atoms with Crippen LogP contribution in [0.25, 0.3) is 0 Å². The molecule has 0 fully saturated rings. The van der Waals surface area contributed by atoms with Gasteiger partial charge in [0, 0.05) is 11.1 Å². The standard InChI is InChI=1S/C30H48N.2ClH.H3N/c1-3-5-7-9-11-19-25-31(26-20-12-10-8-6-4-2,27-29-21-15-13-16-22-29)28-30-23-17-14-18-24-30;;;/h13-18,21-24H,3-12,19-20,25-28H2,1-2H3;2*1H;1H3/q+1;;;/p-1. The van der Waals surface area contributed by atoms with E-state index in [2.05, 4.69) is 74.5 Å². The lowest BCUT2D eigenvalue weighted by Crippen LogP contribution is -3.00. The van der Waals surface area contributed by atoms with E-state index in [1.165, 1.54) is 119 Å². The Morgan fingerprint density at radius 2 is 0.824 bits per heavy atom. The summed E-state index contributed by atoms with van der Waals surface area (Å²) in [5.74, 6) is 0. The van der Waals surface area contributed by atoms with Gasteiger partial charge in [0.1, 0.15) is 13.1 Å². The minimum Gasteiger partial charge on any atom is -1.00 e. The van der Waals surface area contributed by atoms with Crippen LogP contribution in [-0.2, 0) is 13.1 Å². The molecule has 4 heteroatoms. The summed E-state index contributed by atoms with van der Waals surface area (Å²) < 4.78 is 1.22. The quantitative estimate of drug-likeness (QED) is 0.180. The molecule has 0 atom stereocenters. The number of halogens is 2. The lowest BCUT2D eigenvalue weighted by molar-refractivity contribution is -0.954. The number of benzene rings is 2. The molecule has 0 radical (unpaired) electrons. The number of quaternary nitrogens is 1. The second kappa shape index (κ2) is 22.4. The van der Waals surface area contributed by atoms with Gasteiger partial charge in [0.05, 0.1) is 13.1 Å². The van der Waals surface area contributed by atoms with E-state index < -0.39 is 0 Å².